The largest absolute Gasteiger partial charge is 0.454 e. The molecular weight excluding hydrogens is 398 g/mol. The number of hydrogen-bond acceptors (Lipinski definition) is 3. The molecule has 0 N–H and O–H groups in total. The van der Waals surface area contributed by atoms with Crippen molar-refractivity contribution in [2.75, 3.05) is 0 Å². The van der Waals surface area contributed by atoms with E-state index in [2.05, 4.69) is 34.9 Å². The van der Waals surface area contributed by atoms with E-state index in [4.69, 9.17) is 4.42 Å². The van der Waals surface area contributed by atoms with Gasteiger partial charge in [0.25, 0.3) is 0 Å². The highest BCUT2D eigenvalue weighted by molar-refractivity contribution is 6.41. The minimum Gasteiger partial charge on any atom is -0.454 e. The molecule has 0 radical (unpaired) electrons. The van der Waals surface area contributed by atoms with E-state index >= 15 is 0 Å². The predicted octanol–water partition coefficient (Wildman–Crippen LogP) is 6.54. The Morgan fingerprint density at radius 3 is 2.22 bits per heavy atom. The normalized spacial score (nSPS) is 13.3. The number of allylic oxidation sites excluding steroid dienone is 1. The van der Waals surface area contributed by atoms with Crippen molar-refractivity contribution in [1.29, 1.82) is 0 Å². The number of nitrogens with zero attached hydrogens (tertiary/aromatic N) is 1. The number of furan rings is 1. The number of rotatable bonds is 3. The van der Waals surface area contributed by atoms with E-state index in [9.17, 15) is 9.59 Å². The molecule has 1 aliphatic rings. The Kier molecular flexibility index (Phi) is 4.02. The molecule has 0 amide bonds. The Morgan fingerprint density at radius 1 is 0.812 bits per heavy atom. The number of aryl methyl sites for hydroxylation is 1. The molecule has 0 saturated heterocycles. The molecular formula is C28H19NO3. The van der Waals surface area contributed by atoms with Crippen molar-refractivity contribution in [2.24, 2.45) is 0 Å². The first-order valence-electron chi connectivity index (χ1n) is 10.7. The summed E-state index contributed by atoms with van der Waals surface area (Å²) in [4.78, 5) is 25.6. The smallest absolute Gasteiger partial charge is 0.197 e. The van der Waals surface area contributed by atoms with Gasteiger partial charge >= 0.3 is 0 Å². The highest BCUT2D eigenvalue weighted by atomic mass is 16.3. The molecule has 0 bridgehead atoms. The molecule has 0 saturated carbocycles. The average molecular weight is 417 g/mol. The third kappa shape index (κ3) is 2.70. The number of ketones is 2. The van der Waals surface area contributed by atoms with E-state index in [0.29, 0.717) is 17.7 Å². The van der Waals surface area contributed by atoms with E-state index in [1.807, 2.05) is 31.2 Å². The third-order valence-electron chi connectivity index (χ3n) is 6.17. The first kappa shape index (κ1) is 18.6. The number of benzene rings is 3. The molecule has 0 spiro atoms. The fourth-order valence-corrected chi connectivity index (χ4v) is 4.57. The minimum atomic E-state index is -0.220. The van der Waals surface area contributed by atoms with Crippen molar-refractivity contribution in [1.82, 2.24) is 4.57 Å². The van der Waals surface area contributed by atoms with Gasteiger partial charge < -0.3 is 8.98 Å². The molecule has 154 valence electrons. The quantitative estimate of drug-likeness (QED) is 0.247. The zero-order valence-corrected chi connectivity index (χ0v) is 17.5. The highest BCUT2D eigenvalue weighted by Crippen LogP contribution is 2.34. The number of carbonyl (C=O) groups is 2. The van der Waals surface area contributed by atoms with Crippen molar-refractivity contribution in [3.63, 3.8) is 0 Å². The average Bonchev–Trinajstić information content (AvgIpc) is 3.45. The van der Waals surface area contributed by atoms with Gasteiger partial charge in [-0.1, -0.05) is 60.7 Å². The van der Waals surface area contributed by atoms with E-state index in [0.717, 1.165) is 33.5 Å². The van der Waals surface area contributed by atoms with E-state index in [1.165, 1.54) is 5.39 Å². The Hall–Kier alpha value is -4.18. The van der Waals surface area contributed by atoms with Crippen LogP contribution in [0.15, 0.2) is 88.9 Å². The minimum absolute atomic E-state index is 0.204. The van der Waals surface area contributed by atoms with Gasteiger partial charge in [-0.25, -0.2) is 0 Å². The molecule has 2 heterocycles. The van der Waals surface area contributed by atoms with Crippen molar-refractivity contribution in [3.8, 4) is 11.3 Å². The Labute approximate surface area is 184 Å². The Morgan fingerprint density at radius 2 is 1.50 bits per heavy atom. The van der Waals surface area contributed by atoms with Crippen LogP contribution in [0.3, 0.4) is 0 Å². The van der Waals surface area contributed by atoms with Crippen LogP contribution in [-0.2, 0) is 6.54 Å². The van der Waals surface area contributed by atoms with Gasteiger partial charge in [0, 0.05) is 41.1 Å². The van der Waals surface area contributed by atoms with Crippen LogP contribution >= 0.6 is 0 Å². The van der Waals surface area contributed by atoms with Crippen LogP contribution in [0.25, 0.3) is 39.3 Å². The molecule has 4 nitrogen and oxygen atoms in total. The van der Waals surface area contributed by atoms with Gasteiger partial charge in [0.05, 0.1) is 11.1 Å². The highest BCUT2D eigenvalue weighted by Gasteiger charge is 2.33. The molecule has 0 unspecified atom stereocenters. The monoisotopic (exact) mass is 417 g/mol. The number of carbonyl (C=O) groups excluding carboxylic acids is 2. The molecule has 6 rings (SSSR count). The summed E-state index contributed by atoms with van der Waals surface area (Å²) in [6.07, 6.45) is 1.69. The predicted molar refractivity (Wildman–Crippen MR) is 126 cm³/mol. The summed E-state index contributed by atoms with van der Waals surface area (Å²) in [5.41, 5.74) is 4.63. The van der Waals surface area contributed by atoms with E-state index < -0.39 is 0 Å². The second kappa shape index (κ2) is 6.92. The van der Waals surface area contributed by atoms with Gasteiger partial charge in [0.15, 0.2) is 17.1 Å². The lowest BCUT2D eigenvalue weighted by molar-refractivity contribution is 0.0990. The summed E-state index contributed by atoms with van der Waals surface area (Å²) >= 11 is 0. The summed E-state index contributed by atoms with van der Waals surface area (Å²) in [6, 6.07) is 25.4. The Bertz CT molecular complexity index is 1560. The first-order chi connectivity index (χ1) is 15.6. The fourth-order valence-electron chi connectivity index (χ4n) is 4.57. The first-order valence-corrected chi connectivity index (χ1v) is 10.7. The number of aromatic nitrogens is 1. The third-order valence-corrected chi connectivity index (χ3v) is 6.17. The van der Waals surface area contributed by atoms with E-state index in [1.54, 1.807) is 30.3 Å². The molecule has 0 fully saturated rings. The summed E-state index contributed by atoms with van der Waals surface area (Å²) < 4.78 is 8.26. The lowest BCUT2D eigenvalue weighted by Gasteiger charge is -2.04. The second-order valence-electron chi connectivity index (χ2n) is 8.00. The topological polar surface area (TPSA) is 52.2 Å². The standard InChI is InChI=1S/C28H19NO3/c1-2-29-20(14-23-27(30)21-9-5-6-10-22(21)28(23)31)15-26-24(29)16-25(32-26)19-12-11-17-7-3-4-8-18(17)13-19/h3-16H,2H2,1H3. The molecule has 0 atom stereocenters. The van der Waals surface area contributed by atoms with Gasteiger partial charge in [-0.15, -0.1) is 0 Å². The summed E-state index contributed by atoms with van der Waals surface area (Å²) in [6.45, 7) is 2.73. The Balaban J connectivity index is 1.43. The number of Topliss-reactive ketones (excluding diaryl/α,β-unsaturated/α-hetero) is 2. The number of fused-ring (bicyclic) bond motifs is 3. The maximum absolute atomic E-state index is 12.8. The zero-order valence-electron chi connectivity index (χ0n) is 17.5. The lowest BCUT2D eigenvalue weighted by Crippen LogP contribution is -2.03. The van der Waals surface area contributed by atoms with Crippen LogP contribution in [0.4, 0.5) is 0 Å². The van der Waals surface area contributed by atoms with Gasteiger partial charge in [-0.2, -0.15) is 0 Å². The van der Waals surface area contributed by atoms with Crippen molar-refractivity contribution < 1.29 is 14.0 Å². The molecule has 3 aromatic carbocycles. The van der Waals surface area contributed by atoms with Crippen LogP contribution in [0, 0.1) is 0 Å². The number of hydrogen-bond donors (Lipinski definition) is 0. The molecule has 2 aromatic heterocycles. The van der Waals surface area contributed by atoms with Crippen LogP contribution in [-0.4, -0.2) is 16.1 Å². The fraction of sp³-hybridized carbons (Fsp3) is 0.0714. The second-order valence-corrected chi connectivity index (χ2v) is 8.00. The van der Waals surface area contributed by atoms with Gasteiger partial charge in [0.2, 0.25) is 0 Å². The molecule has 32 heavy (non-hydrogen) atoms. The van der Waals surface area contributed by atoms with Crippen molar-refractivity contribution >= 4 is 39.5 Å². The van der Waals surface area contributed by atoms with Gasteiger partial charge in [-0.3, -0.25) is 9.59 Å². The van der Waals surface area contributed by atoms with Crippen LogP contribution in [0.1, 0.15) is 33.3 Å². The lowest BCUT2D eigenvalue weighted by atomic mass is 10.1. The van der Waals surface area contributed by atoms with Crippen LogP contribution in [0.2, 0.25) is 0 Å². The summed E-state index contributed by atoms with van der Waals surface area (Å²) in [7, 11) is 0. The van der Waals surface area contributed by atoms with Gasteiger partial charge in [-0.05, 0) is 29.8 Å². The molecule has 0 aliphatic heterocycles. The summed E-state index contributed by atoms with van der Waals surface area (Å²) in [5.74, 6) is 0.355. The maximum atomic E-state index is 12.8. The van der Waals surface area contributed by atoms with Crippen molar-refractivity contribution in [2.45, 2.75) is 13.5 Å². The van der Waals surface area contributed by atoms with Crippen LogP contribution < -0.4 is 0 Å². The van der Waals surface area contributed by atoms with E-state index in [-0.39, 0.29) is 17.1 Å². The zero-order chi connectivity index (χ0) is 21.8. The molecule has 5 aromatic rings. The maximum Gasteiger partial charge on any atom is 0.197 e. The van der Waals surface area contributed by atoms with Crippen LogP contribution in [0.5, 0.6) is 0 Å². The van der Waals surface area contributed by atoms with Crippen molar-refractivity contribution in [3.05, 3.63) is 101 Å². The molecule has 1 aliphatic carbocycles. The SMILES string of the molecule is CCn1c(C=C2C(=O)c3ccccc3C2=O)cc2oc(-c3ccc4ccccc4c3)cc21. The van der Waals surface area contributed by atoms with Gasteiger partial charge in [0.1, 0.15) is 5.76 Å². The molecule has 4 heteroatoms. The summed E-state index contributed by atoms with van der Waals surface area (Å²) in [5, 5.41) is 2.35.